The highest BCUT2D eigenvalue weighted by molar-refractivity contribution is 5.69. The maximum atomic E-state index is 9.73. The number of hydrogen-bond acceptors (Lipinski definition) is 2. The molecular weight excluding hydrogens is 476 g/mol. The molecule has 0 aliphatic heterocycles. The van der Waals surface area contributed by atoms with Gasteiger partial charge in [-0.25, -0.2) is 0 Å². The second kappa shape index (κ2) is 10.4. The van der Waals surface area contributed by atoms with E-state index in [-0.39, 0.29) is 11.5 Å². The van der Waals surface area contributed by atoms with Crippen LogP contribution in [-0.2, 0) is 5.41 Å². The minimum Gasteiger partial charge on any atom is -0.508 e. The molecule has 0 heterocycles. The first-order chi connectivity index (χ1) is 19.1. The van der Waals surface area contributed by atoms with Crippen molar-refractivity contribution >= 4 is 0 Å². The number of phenolic OH excluding ortho intramolecular Hbond substituents is 2. The van der Waals surface area contributed by atoms with Gasteiger partial charge in [-0.05, 0) is 68.8 Å². The summed E-state index contributed by atoms with van der Waals surface area (Å²) in [5.74, 6) is 0.525. The van der Waals surface area contributed by atoms with Crippen LogP contribution < -0.4 is 0 Å². The van der Waals surface area contributed by atoms with Gasteiger partial charge in [0.1, 0.15) is 11.5 Å². The topological polar surface area (TPSA) is 40.5 Å². The fraction of sp³-hybridized carbons (Fsp3) is 0.0270. The summed E-state index contributed by atoms with van der Waals surface area (Å²) in [6.45, 7) is 0. The fourth-order valence-electron chi connectivity index (χ4n) is 5.51. The molecule has 0 amide bonds. The van der Waals surface area contributed by atoms with E-state index < -0.39 is 5.41 Å². The van der Waals surface area contributed by atoms with Gasteiger partial charge in [-0.15, -0.1) is 0 Å². The first-order valence-corrected chi connectivity index (χ1v) is 13.1. The van der Waals surface area contributed by atoms with Crippen LogP contribution in [0.15, 0.2) is 158 Å². The molecule has 0 fully saturated rings. The van der Waals surface area contributed by atoms with Crippen LogP contribution in [-0.4, -0.2) is 10.2 Å². The van der Waals surface area contributed by atoms with E-state index in [0.717, 1.165) is 22.3 Å². The number of benzene rings is 6. The van der Waals surface area contributed by atoms with E-state index in [4.69, 9.17) is 0 Å². The summed E-state index contributed by atoms with van der Waals surface area (Å²) in [7, 11) is 0. The van der Waals surface area contributed by atoms with Gasteiger partial charge in [-0.3, -0.25) is 0 Å². The third kappa shape index (κ3) is 4.58. The predicted octanol–water partition coefficient (Wildman–Crippen LogP) is 8.81. The lowest BCUT2D eigenvalue weighted by Gasteiger charge is -2.37. The molecule has 0 saturated carbocycles. The zero-order valence-corrected chi connectivity index (χ0v) is 21.4. The predicted molar refractivity (Wildman–Crippen MR) is 159 cm³/mol. The van der Waals surface area contributed by atoms with Gasteiger partial charge in [-0.2, -0.15) is 0 Å². The lowest BCUT2D eigenvalue weighted by atomic mass is 9.65. The Bertz CT molecular complexity index is 1520. The van der Waals surface area contributed by atoms with E-state index in [0.29, 0.717) is 0 Å². The van der Waals surface area contributed by atoms with Gasteiger partial charge in [0.15, 0.2) is 0 Å². The molecule has 2 nitrogen and oxygen atoms in total. The number of hydrogen-bond donors (Lipinski definition) is 2. The molecule has 39 heavy (non-hydrogen) atoms. The molecule has 2 N–H and O–H groups in total. The van der Waals surface area contributed by atoms with Gasteiger partial charge in [0.05, 0.1) is 5.41 Å². The Morgan fingerprint density at radius 2 is 0.538 bits per heavy atom. The third-order valence-corrected chi connectivity index (χ3v) is 7.45. The van der Waals surface area contributed by atoms with Crippen LogP contribution in [0, 0.1) is 0 Å². The average molecular weight is 505 g/mol. The summed E-state index contributed by atoms with van der Waals surface area (Å²) in [5.41, 5.74) is 8.47. The van der Waals surface area contributed by atoms with Crippen LogP contribution in [0.2, 0.25) is 0 Å². The Hall–Kier alpha value is -5.08. The molecule has 0 unspecified atom stereocenters. The van der Waals surface area contributed by atoms with E-state index in [1.807, 2.05) is 24.3 Å². The second-order valence-electron chi connectivity index (χ2n) is 9.73. The number of phenols is 2. The Kier molecular flexibility index (Phi) is 6.44. The zero-order valence-electron chi connectivity index (χ0n) is 21.4. The first kappa shape index (κ1) is 24.3. The molecule has 0 aliphatic rings. The lowest BCUT2D eigenvalue weighted by molar-refractivity contribution is 0.475. The smallest absolute Gasteiger partial charge is 0.115 e. The minimum absolute atomic E-state index is 0.262. The van der Waals surface area contributed by atoms with Gasteiger partial charge >= 0.3 is 0 Å². The second-order valence-corrected chi connectivity index (χ2v) is 9.73. The maximum Gasteiger partial charge on any atom is 0.115 e. The highest BCUT2D eigenvalue weighted by Gasteiger charge is 2.38. The molecule has 6 aromatic carbocycles. The van der Waals surface area contributed by atoms with Gasteiger partial charge in [0, 0.05) is 0 Å². The Morgan fingerprint density at radius 3 is 0.846 bits per heavy atom. The van der Waals surface area contributed by atoms with Crippen LogP contribution >= 0.6 is 0 Å². The van der Waals surface area contributed by atoms with E-state index in [2.05, 4.69) is 109 Å². The summed E-state index contributed by atoms with van der Waals surface area (Å²) in [6, 6.07) is 53.5. The van der Waals surface area contributed by atoms with Crippen molar-refractivity contribution in [3.63, 3.8) is 0 Å². The summed E-state index contributed by atoms with van der Waals surface area (Å²) in [5, 5.41) is 19.5. The summed E-state index contributed by atoms with van der Waals surface area (Å²) in [4.78, 5) is 0. The lowest BCUT2D eigenvalue weighted by Crippen LogP contribution is -2.31. The van der Waals surface area contributed by atoms with E-state index in [1.54, 1.807) is 24.3 Å². The Morgan fingerprint density at radius 1 is 0.282 bits per heavy atom. The quantitative estimate of drug-likeness (QED) is 0.223. The zero-order chi connectivity index (χ0) is 26.7. The molecular formula is C37H28O2. The Labute approximate surface area is 229 Å². The Balaban J connectivity index is 1.55. The van der Waals surface area contributed by atoms with Gasteiger partial charge in [0.2, 0.25) is 0 Å². The van der Waals surface area contributed by atoms with Crippen molar-refractivity contribution in [2.45, 2.75) is 5.41 Å². The molecule has 0 radical (unpaired) electrons. The minimum atomic E-state index is -0.538. The SMILES string of the molecule is Oc1ccc(-c2ccc(C(c3ccccc3)(c3ccccc3)c3ccc(-c4ccc(O)cc4)cc3)cc2)cc1. The molecule has 0 saturated heterocycles. The molecule has 0 bridgehead atoms. The fourth-order valence-corrected chi connectivity index (χ4v) is 5.51. The first-order valence-electron chi connectivity index (χ1n) is 13.1. The van der Waals surface area contributed by atoms with E-state index >= 15 is 0 Å². The van der Waals surface area contributed by atoms with Crippen molar-refractivity contribution in [3.8, 4) is 33.8 Å². The molecule has 188 valence electrons. The van der Waals surface area contributed by atoms with Crippen LogP contribution in [0.3, 0.4) is 0 Å². The third-order valence-electron chi connectivity index (χ3n) is 7.45. The van der Waals surface area contributed by atoms with Crippen molar-refractivity contribution in [2.75, 3.05) is 0 Å². The van der Waals surface area contributed by atoms with E-state index in [9.17, 15) is 10.2 Å². The molecule has 0 aromatic heterocycles. The van der Waals surface area contributed by atoms with Gasteiger partial charge in [-0.1, -0.05) is 133 Å². The van der Waals surface area contributed by atoms with Crippen LogP contribution in [0.25, 0.3) is 22.3 Å². The monoisotopic (exact) mass is 504 g/mol. The standard InChI is InChI=1S/C37H28O2/c38-35-23-15-29(16-24-35)27-11-19-33(20-12-27)37(31-7-3-1-4-8-31,32-9-5-2-6-10-32)34-21-13-28(14-22-34)30-17-25-36(39)26-18-30/h1-26,38-39H. The van der Waals surface area contributed by atoms with Crippen LogP contribution in [0.5, 0.6) is 11.5 Å². The molecule has 6 aromatic rings. The molecule has 0 spiro atoms. The van der Waals surface area contributed by atoms with Crippen LogP contribution in [0.4, 0.5) is 0 Å². The summed E-state index contributed by atoms with van der Waals surface area (Å²) in [6.07, 6.45) is 0. The van der Waals surface area contributed by atoms with Gasteiger partial charge in [0.25, 0.3) is 0 Å². The molecule has 0 atom stereocenters. The van der Waals surface area contributed by atoms with Crippen molar-refractivity contribution in [3.05, 3.63) is 180 Å². The normalized spacial score (nSPS) is 11.3. The van der Waals surface area contributed by atoms with E-state index in [1.165, 1.54) is 22.3 Å². The largest absolute Gasteiger partial charge is 0.508 e. The van der Waals surface area contributed by atoms with Crippen LogP contribution in [0.1, 0.15) is 22.3 Å². The highest BCUT2D eigenvalue weighted by Crippen LogP contribution is 2.46. The maximum absolute atomic E-state index is 9.73. The van der Waals surface area contributed by atoms with Crippen molar-refractivity contribution in [1.82, 2.24) is 0 Å². The summed E-state index contributed by atoms with van der Waals surface area (Å²) < 4.78 is 0. The molecule has 6 rings (SSSR count). The number of rotatable bonds is 6. The summed E-state index contributed by atoms with van der Waals surface area (Å²) >= 11 is 0. The van der Waals surface area contributed by atoms with Crippen molar-refractivity contribution < 1.29 is 10.2 Å². The van der Waals surface area contributed by atoms with Crippen molar-refractivity contribution in [2.24, 2.45) is 0 Å². The number of aromatic hydroxyl groups is 2. The average Bonchev–Trinajstić information content (AvgIpc) is 3.00. The van der Waals surface area contributed by atoms with Gasteiger partial charge < -0.3 is 10.2 Å². The highest BCUT2D eigenvalue weighted by atomic mass is 16.3. The molecule has 2 heteroatoms. The van der Waals surface area contributed by atoms with Crippen molar-refractivity contribution in [1.29, 1.82) is 0 Å². The molecule has 0 aliphatic carbocycles.